The van der Waals surface area contributed by atoms with Crippen LogP contribution in [0.25, 0.3) is 10.9 Å². The molecule has 4 heterocycles. The number of ether oxygens (including phenoxy) is 1. The van der Waals surface area contributed by atoms with Gasteiger partial charge in [0.25, 0.3) is 5.56 Å². The smallest absolute Gasteiger partial charge is 0.261 e. The van der Waals surface area contributed by atoms with E-state index in [1.165, 1.54) is 0 Å². The molecule has 0 aliphatic carbocycles. The largest absolute Gasteiger partial charge is 0.379 e. The van der Waals surface area contributed by atoms with Gasteiger partial charge < -0.3 is 20.4 Å². The van der Waals surface area contributed by atoms with Crippen molar-refractivity contribution in [2.45, 2.75) is 31.7 Å². The first-order chi connectivity index (χ1) is 14.9. The van der Waals surface area contributed by atoms with Crippen molar-refractivity contribution >= 4 is 34.0 Å². The number of pyridine rings is 1. The number of fused-ring (bicyclic) bond motifs is 2. The number of benzene rings is 1. The molecule has 1 saturated heterocycles. The Balaban J connectivity index is 1.58. The third-order valence-electron chi connectivity index (χ3n) is 6.21. The number of hydrogen-bond acceptors (Lipinski definition) is 6. The van der Waals surface area contributed by atoms with Gasteiger partial charge in [0.1, 0.15) is 5.39 Å². The topological polar surface area (TPSA) is 125 Å². The molecule has 1 amide bonds. The number of H-pyrrole nitrogens is 1. The standard InChI is InChI=1S/C22H22N6O3/c1-22(2)14-4-3-13(9-15(14)26-21(22)30)25-19-18-16(5-7-24-20(18)29)28(27-19)17-11-31-8-6-12(17)10-23/h3-5,7,9,12,17H,6,8,11H2,1-2H3,(H,24,29)(H,25,27)(H,26,30). The van der Waals surface area contributed by atoms with Gasteiger partial charge >= 0.3 is 0 Å². The molecule has 31 heavy (non-hydrogen) atoms. The molecule has 3 N–H and O–H groups in total. The Morgan fingerprint density at radius 1 is 1.32 bits per heavy atom. The number of aromatic amines is 1. The molecule has 0 bridgehead atoms. The van der Waals surface area contributed by atoms with Crippen LogP contribution in [0.4, 0.5) is 17.2 Å². The minimum Gasteiger partial charge on any atom is -0.379 e. The summed E-state index contributed by atoms with van der Waals surface area (Å²) in [5.41, 5.74) is 2.13. The van der Waals surface area contributed by atoms with Crippen molar-refractivity contribution in [3.05, 3.63) is 46.4 Å². The van der Waals surface area contributed by atoms with Gasteiger partial charge in [-0.2, -0.15) is 10.4 Å². The van der Waals surface area contributed by atoms with Crippen molar-refractivity contribution in [2.24, 2.45) is 5.92 Å². The monoisotopic (exact) mass is 418 g/mol. The van der Waals surface area contributed by atoms with Gasteiger partial charge in [-0.15, -0.1) is 0 Å². The zero-order valence-corrected chi connectivity index (χ0v) is 17.2. The number of rotatable bonds is 3. The molecule has 3 aromatic rings. The molecule has 158 valence electrons. The summed E-state index contributed by atoms with van der Waals surface area (Å²) in [4.78, 5) is 27.6. The van der Waals surface area contributed by atoms with Crippen LogP contribution in [0.5, 0.6) is 0 Å². The summed E-state index contributed by atoms with van der Waals surface area (Å²) in [5, 5.41) is 20.8. The molecule has 9 nitrogen and oxygen atoms in total. The van der Waals surface area contributed by atoms with Crippen LogP contribution in [0.1, 0.15) is 31.9 Å². The van der Waals surface area contributed by atoms with Crippen LogP contribution in [0, 0.1) is 17.2 Å². The lowest BCUT2D eigenvalue weighted by Gasteiger charge is -2.27. The highest BCUT2D eigenvalue weighted by Gasteiger charge is 2.38. The van der Waals surface area contributed by atoms with E-state index in [1.54, 1.807) is 16.9 Å². The van der Waals surface area contributed by atoms with Crippen LogP contribution in [0.3, 0.4) is 0 Å². The van der Waals surface area contributed by atoms with Gasteiger partial charge in [-0.3, -0.25) is 14.3 Å². The maximum absolute atomic E-state index is 12.7. The van der Waals surface area contributed by atoms with Crippen molar-refractivity contribution < 1.29 is 9.53 Å². The normalized spacial score (nSPS) is 22.0. The maximum atomic E-state index is 12.7. The highest BCUT2D eigenvalue weighted by molar-refractivity contribution is 6.06. The second-order valence-electron chi connectivity index (χ2n) is 8.49. The quantitative estimate of drug-likeness (QED) is 0.601. The number of hydrogen-bond donors (Lipinski definition) is 3. The molecule has 9 heteroatoms. The summed E-state index contributed by atoms with van der Waals surface area (Å²) in [5.74, 6) is 0.0924. The van der Waals surface area contributed by atoms with E-state index >= 15 is 0 Å². The lowest BCUT2D eigenvalue weighted by molar-refractivity contribution is -0.119. The lowest BCUT2D eigenvalue weighted by Crippen LogP contribution is -2.30. The number of nitriles is 1. The number of carbonyl (C=O) groups is 1. The highest BCUT2D eigenvalue weighted by atomic mass is 16.5. The first-order valence-electron chi connectivity index (χ1n) is 10.2. The van der Waals surface area contributed by atoms with Crippen LogP contribution < -0.4 is 16.2 Å². The minimum absolute atomic E-state index is 0.0503. The molecule has 2 aliphatic heterocycles. The van der Waals surface area contributed by atoms with Crippen LogP contribution >= 0.6 is 0 Å². The van der Waals surface area contributed by atoms with Crippen molar-refractivity contribution in [1.29, 1.82) is 5.26 Å². The predicted molar refractivity (Wildman–Crippen MR) is 115 cm³/mol. The number of amides is 1. The minimum atomic E-state index is -0.591. The average Bonchev–Trinajstić information content (AvgIpc) is 3.23. The van der Waals surface area contributed by atoms with Crippen LogP contribution in [-0.2, 0) is 14.9 Å². The second-order valence-corrected chi connectivity index (χ2v) is 8.49. The van der Waals surface area contributed by atoms with Crippen molar-refractivity contribution in [3.63, 3.8) is 0 Å². The first kappa shape index (κ1) is 19.3. The average molecular weight is 418 g/mol. The molecule has 0 spiro atoms. The highest BCUT2D eigenvalue weighted by Crippen LogP contribution is 2.39. The summed E-state index contributed by atoms with van der Waals surface area (Å²) < 4.78 is 7.32. The second kappa shape index (κ2) is 6.96. The molecule has 2 atom stereocenters. The number of nitrogens with one attached hydrogen (secondary N) is 3. The molecule has 2 unspecified atom stereocenters. The summed E-state index contributed by atoms with van der Waals surface area (Å²) in [6, 6.07) is 9.45. The van der Waals surface area contributed by atoms with E-state index in [-0.39, 0.29) is 23.4 Å². The zero-order valence-electron chi connectivity index (χ0n) is 17.2. The summed E-state index contributed by atoms with van der Waals surface area (Å²) in [7, 11) is 0. The number of aromatic nitrogens is 3. The van der Waals surface area contributed by atoms with Gasteiger partial charge in [0.05, 0.1) is 35.6 Å². The van der Waals surface area contributed by atoms with Crippen molar-refractivity contribution in [1.82, 2.24) is 14.8 Å². The fraction of sp³-hybridized carbons (Fsp3) is 0.364. The fourth-order valence-electron chi connectivity index (χ4n) is 4.36. The molecule has 0 saturated carbocycles. The van der Waals surface area contributed by atoms with E-state index in [2.05, 4.69) is 26.8 Å². The Kier molecular flexibility index (Phi) is 4.34. The van der Waals surface area contributed by atoms with Crippen LogP contribution in [0.15, 0.2) is 35.3 Å². The van der Waals surface area contributed by atoms with E-state index < -0.39 is 5.41 Å². The van der Waals surface area contributed by atoms with Crippen molar-refractivity contribution in [3.8, 4) is 6.07 Å². The van der Waals surface area contributed by atoms with Gasteiger partial charge in [-0.05, 0) is 44.0 Å². The molecule has 5 rings (SSSR count). The lowest BCUT2D eigenvalue weighted by atomic mass is 9.86. The summed E-state index contributed by atoms with van der Waals surface area (Å²) in [6.07, 6.45) is 2.19. The van der Waals surface area contributed by atoms with E-state index in [0.717, 1.165) is 11.3 Å². The van der Waals surface area contributed by atoms with E-state index in [9.17, 15) is 14.9 Å². The van der Waals surface area contributed by atoms with Gasteiger partial charge in [-0.1, -0.05) is 6.07 Å². The molecule has 1 fully saturated rings. The Morgan fingerprint density at radius 2 is 2.16 bits per heavy atom. The van der Waals surface area contributed by atoms with Gasteiger partial charge in [0, 0.05) is 24.2 Å². The molecular weight excluding hydrogens is 396 g/mol. The molecule has 2 aromatic heterocycles. The molecule has 0 radical (unpaired) electrons. The van der Waals surface area contributed by atoms with Crippen LogP contribution in [0.2, 0.25) is 0 Å². The number of anilines is 3. The molecule has 2 aliphatic rings. The third-order valence-corrected chi connectivity index (χ3v) is 6.21. The molecular formula is C22H22N6O3. The van der Waals surface area contributed by atoms with Gasteiger partial charge in [0.15, 0.2) is 5.82 Å². The molecule has 1 aromatic carbocycles. The maximum Gasteiger partial charge on any atom is 0.261 e. The summed E-state index contributed by atoms with van der Waals surface area (Å²) >= 11 is 0. The Hall–Kier alpha value is -3.64. The van der Waals surface area contributed by atoms with Crippen molar-refractivity contribution in [2.75, 3.05) is 23.8 Å². The number of nitrogens with zero attached hydrogens (tertiary/aromatic N) is 3. The van der Waals surface area contributed by atoms with Gasteiger partial charge in [-0.25, -0.2) is 0 Å². The SMILES string of the molecule is CC1(C)C(=O)Nc2cc(Nc3nn(C4COCCC4C#N)c4cc[nH]c(=O)c34)ccc21. The Bertz CT molecular complexity index is 1300. The predicted octanol–water partition coefficient (Wildman–Crippen LogP) is 2.80. The Labute approximate surface area is 178 Å². The van der Waals surface area contributed by atoms with E-state index in [0.29, 0.717) is 42.0 Å². The first-order valence-corrected chi connectivity index (χ1v) is 10.2. The third kappa shape index (κ3) is 2.99. The fourth-order valence-corrected chi connectivity index (χ4v) is 4.36. The van der Waals surface area contributed by atoms with Gasteiger partial charge in [0.2, 0.25) is 5.91 Å². The summed E-state index contributed by atoms with van der Waals surface area (Å²) in [6.45, 7) is 4.67. The van der Waals surface area contributed by atoms with E-state index in [4.69, 9.17) is 4.74 Å². The van der Waals surface area contributed by atoms with E-state index in [1.807, 2.05) is 32.0 Å². The Morgan fingerprint density at radius 3 is 2.97 bits per heavy atom. The van der Waals surface area contributed by atoms with Crippen LogP contribution in [-0.4, -0.2) is 33.9 Å². The number of carbonyl (C=O) groups excluding carboxylic acids is 1. The zero-order chi connectivity index (χ0) is 21.8.